The Morgan fingerprint density at radius 2 is 2.24 bits per heavy atom. The molecule has 2 saturated heterocycles. The van der Waals surface area contributed by atoms with Gasteiger partial charge in [0.15, 0.2) is 0 Å². The van der Waals surface area contributed by atoms with E-state index >= 15 is 0 Å². The summed E-state index contributed by atoms with van der Waals surface area (Å²) in [5.41, 5.74) is 0.143. The lowest BCUT2D eigenvalue weighted by Crippen LogP contribution is -2.33. The Labute approximate surface area is 126 Å². The van der Waals surface area contributed by atoms with Gasteiger partial charge in [-0.25, -0.2) is 8.42 Å². The molecule has 21 heavy (non-hydrogen) atoms. The second kappa shape index (κ2) is 5.59. The highest BCUT2D eigenvalue weighted by Crippen LogP contribution is 2.38. The maximum Gasteiger partial charge on any atom is 0.243 e. The van der Waals surface area contributed by atoms with Crippen molar-refractivity contribution in [3.63, 3.8) is 0 Å². The quantitative estimate of drug-likeness (QED) is 0.915. The molecule has 2 aliphatic heterocycles. The average Bonchev–Trinajstić information content (AvgIpc) is 3.11. The van der Waals surface area contributed by atoms with Crippen molar-refractivity contribution in [2.24, 2.45) is 5.41 Å². The van der Waals surface area contributed by atoms with Crippen LogP contribution in [0.3, 0.4) is 0 Å². The van der Waals surface area contributed by atoms with Gasteiger partial charge < -0.3 is 10.1 Å². The Morgan fingerprint density at radius 3 is 2.95 bits per heavy atom. The first kappa shape index (κ1) is 14.8. The highest BCUT2D eigenvalue weighted by Gasteiger charge is 2.44. The third-order valence-corrected chi connectivity index (χ3v) is 6.33. The van der Waals surface area contributed by atoms with Crippen LogP contribution in [0.1, 0.15) is 19.8 Å². The highest BCUT2D eigenvalue weighted by atomic mass is 32.2. The number of benzene rings is 1. The van der Waals surface area contributed by atoms with Gasteiger partial charge in [0, 0.05) is 25.7 Å². The van der Waals surface area contributed by atoms with Crippen molar-refractivity contribution in [2.45, 2.75) is 24.7 Å². The van der Waals surface area contributed by atoms with E-state index in [1.54, 1.807) is 28.6 Å². The molecule has 2 heterocycles. The maximum atomic E-state index is 12.8. The third-order valence-electron chi connectivity index (χ3n) is 4.49. The molecule has 0 aliphatic carbocycles. The van der Waals surface area contributed by atoms with Crippen LogP contribution in [0, 0.1) is 5.41 Å². The van der Waals surface area contributed by atoms with Gasteiger partial charge >= 0.3 is 0 Å². The van der Waals surface area contributed by atoms with Crippen LogP contribution in [-0.4, -0.2) is 45.5 Å². The summed E-state index contributed by atoms with van der Waals surface area (Å²) in [5.74, 6) is 0.606. The molecule has 1 unspecified atom stereocenters. The lowest BCUT2D eigenvalue weighted by molar-refractivity contribution is 0.336. The van der Waals surface area contributed by atoms with E-state index in [4.69, 9.17) is 4.74 Å². The van der Waals surface area contributed by atoms with Gasteiger partial charge in [0.2, 0.25) is 10.0 Å². The lowest BCUT2D eigenvalue weighted by Gasteiger charge is -2.22. The first-order chi connectivity index (χ1) is 10.1. The van der Waals surface area contributed by atoms with E-state index in [0.29, 0.717) is 30.3 Å². The van der Waals surface area contributed by atoms with Gasteiger partial charge in [-0.2, -0.15) is 4.31 Å². The Hall–Kier alpha value is -1.11. The summed E-state index contributed by atoms with van der Waals surface area (Å²) < 4.78 is 32.6. The van der Waals surface area contributed by atoms with Gasteiger partial charge in [0.25, 0.3) is 0 Å². The fourth-order valence-electron chi connectivity index (χ4n) is 3.28. The SMILES string of the molecule is CCOc1cccc(S(=O)(=O)N2CCC3(CCNC3)C2)c1. The minimum absolute atomic E-state index is 0.143. The van der Waals surface area contributed by atoms with Crippen LogP contribution in [0.25, 0.3) is 0 Å². The van der Waals surface area contributed by atoms with Crippen LogP contribution in [0.5, 0.6) is 5.75 Å². The van der Waals surface area contributed by atoms with E-state index in [0.717, 1.165) is 25.9 Å². The van der Waals surface area contributed by atoms with Crippen molar-refractivity contribution >= 4 is 10.0 Å². The molecule has 0 saturated carbocycles. The molecule has 6 heteroatoms. The van der Waals surface area contributed by atoms with Crippen LogP contribution in [0.4, 0.5) is 0 Å². The summed E-state index contributed by atoms with van der Waals surface area (Å²) in [7, 11) is -3.42. The molecule has 2 fully saturated rings. The molecule has 0 aromatic heterocycles. The first-order valence-corrected chi connectivity index (χ1v) is 8.94. The maximum absolute atomic E-state index is 12.8. The van der Waals surface area contributed by atoms with E-state index in [-0.39, 0.29) is 5.41 Å². The normalized spacial score (nSPS) is 26.5. The van der Waals surface area contributed by atoms with E-state index in [1.807, 2.05) is 6.92 Å². The average molecular weight is 310 g/mol. The second-order valence-electron chi connectivity index (χ2n) is 5.92. The van der Waals surface area contributed by atoms with Crippen molar-refractivity contribution in [1.82, 2.24) is 9.62 Å². The minimum Gasteiger partial charge on any atom is -0.494 e. The topological polar surface area (TPSA) is 58.6 Å². The standard InChI is InChI=1S/C15H22N2O3S/c1-2-20-13-4-3-5-14(10-13)21(18,19)17-9-7-15(12-17)6-8-16-11-15/h3-5,10,16H,2,6-9,11-12H2,1H3. The zero-order valence-electron chi connectivity index (χ0n) is 12.3. The number of sulfonamides is 1. The molecule has 5 nitrogen and oxygen atoms in total. The van der Waals surface area contributed by atoms with Gasteiger partial charge in [-0.1, -0.05) is 6.07 Å². The van der Waals surface area contributed by atoms with E-state index in [2.05, 4.69) is 5.32 Å². The Bertz CT molecular complexity index is 609. The molecule has 0 radical (unpaired) electrons. The number of rotatable bonds is 4. The van der Waals surface area contributed by atoms with E-state index in [9.17, 15) is 8.42 Å². The van der Waals surface area contributed by atoms with Crippen molar-refractivity contribution in [1.29, 1.82) is 0 Å². The highest BCUT2D eigenvalue weighted by molar-refractivity contribution is 7.89. The fourth-order valence-corrected chi connectivity index (χ4v) is 4.87. The van der Waals surface area contributed by atoms with Crippen LogP contribution in [0.2, 0.25) is 0 Å². The van der Waals surface area contributed by atoms with E-state index in [1.165, 1.54) is 0 Å². The van der Waals surface area contributed by atoms with Crippen molar-refractivity contribution in [3.05, 3.63) is 24.3 Å². The zero-order valence-corrected chi connectivity index (χ0v) is 13.2. The van der Waals surface area contributed by atoms with Crippen LogP contribution >= 0.6 is 0 Å². The third kappa shape index (κ3) is 2.80. The Kier molecular flexibility index (Phi) is 3.94. The monoisotopic (exact) mass is 310 g/mol. The number of ether oxygens (including phenoxy) is 1. The number of nitrogens with one attached hydrogen (secondary N) is 1. The van der Waals surface area contributed by atoms with Gasteiger partial charge in [-0.3, -0.25) is 0 Å². The number of hydrogen-bond donors (Lipinski definition) is 1. The molecule has 1 N–H and O–H groups in total. The summed E-state index contributed by atoms with van der Waals surface area (Å²) in [5, 5.41) is 3.35. The number of hydrogen-bond acceptors (Lipinski definition) is 4. The van der Waals surface area contributed by atoms with Crippen molar-refractivity contribution in [3.8, 4) is 5.75 Å². The van der Waals surface area contributed by atoms with Gasteiger partial charge in [-0.15, -0.1) is 0 Å². The molecule has 2 aliphatic rings. The molecule has 1 atom stereocenters. The summed E-state index contributed by atoms with van der Waals surface area (Å²) in [6, 6.07) is 6.79. The van der Waals surface area contributed by atoms with Gasteiger partial charge in [0.05, 0.1) is 11.5 Å². The summed E-state index contributed by atoms with van der Waals surface area (Å²) in [6.45, 7) is 5.58. The van der Waals surface area contributed by atoms with Gasteiger partial charge in [-0.05, 0) is 43.9 Å². The molecule has 116 valence electrons. The number of nitrogens with zero attached hydrogens (tertiary/aromatic N) is 1. The predicted molar refractivity (Wildman–Crippen MR) is 80.9 cm³/mol. The molecule has 0 bridgehead atoms. The lowest BCUT2D eigenvalue weighted by atomic mass is 9.87. The zero-order chi connectivity index (χ0) is 14.9. The molecule has 3 rings (SSSR count). The molecular weight excluding hydrogens is 288 g/mol. The molecule has 1 spiro atoms. The smallest absolute Gasteiger partial charge is 0.243 e. The predicted octanol–water partition coefficient (Wildman–Crippen LogP) is 1.46. The summed E-state index contributed by atoms with van der Waals surface area (Å²) in [4.78, 5) is 0.330. The molecule has 1 aromatic carbocycles. The van der Waals surface area contributed by atoms with Gasteiger partial charge in [0.1, 0.15) is 5.75 Å². The first-order valence-electron chi connectivity index (χ1n) is 7.50. The summed E-state index contributed by atoms with van der Waals surface area (Å²) in [6.07, 6.45) is 2.02. The molecule has 0 amide bonds. The Balaban J connectivity index is 1.82. The minimum atomic E-state index is -3.42. The van der Waals surface area contributed by atoms with Crippen LogP contribution in [0.15, 0.2) is 29.2 Å². The van der Waals surface area contributed by atoms with Crippen LogP contribution in [-0.2, 0) is 10.0 Å². The molecular formula is C15H22N2O3S. The van der Waals surface area contributed by atoms with Crippen molar-refractivity contribution in [2.75, 3.05) is 32.8 Å². The van der Waals surface area contributed by atoms with Crippen molar-refractivity contribution < 1.29 is 13.2 Å². The fraction of sp³-hybridized carbons (Fsp3) is 0.600. The summed E-state index contributed by atoms with van der Waals surface area (Å²) >= 11 is 0. The van der Waals surface area contributed by atoms with Crippen LogP contribution < -0.4 is 10.1 Å². The van der Waals surface area contributed by atoms with E-state index < -0.39 is 10.0 Å². The molecule has 1 aromatic rings. The Morgan fingerprint density at radius 1 is 1.38 bits per heavy atom. The second-order valence-corrected chi connectivity index (χ2v) is 7.86. The largest absolute Gasteiger partial charge is 0.494 e.